The summed E-state index contributed by atoms with van der Waals surface area (Å²) in [5.41, 5.74) is 0.804. The van der Waals surface area contributed by atoms with Gasteiger partial charge in [0.15, 0.2) is 0 Å². The summed E-state index contributed by atoms with van der Waals surface area (Å²) in [5.74, 6) is 0.557. The molecule has 0 aliphatic rings. The maximum Gasteiger partial charge on any atom is 0.268 e. The Balaban J connectivity index is 2.49. The molecule has 1 heterocycles. The molecule has 4 nitrogen and oxygen atoms in total. The largest absolute Gasteiger partial charge is 0.383 e. The number of nitrogens with zero attached hydrogens (tertiary/aromatic N) is 2. The predicted molar refractivity (Wildman–Crippen MR) is 76.0 cm³/mol. The number of hydrogen-bond acceptors (Lipinski definition) is 3. The van der Waals surface area contributed by atoms with Crippen molar-refractivity contribution in [2.45, 2.75) is 53.0 Å². The third kappa shape index (κ3) is 5.34. The zero-order valence-electron chi connectivity index (χ0n) is 11.8. The fourth-order valence-electron chi connectivity index (χ4n) is 1.71. The monoisotopic (exact) mass is 251 g/mol. The van der Waals surface area contributed by atoms with E-state index < -0.39 is 0 Å². The van der Waals surface area contributed by atoms with Crippen molar-refractivity contribution in [3.05, 3.63) is 22.6 Å². The molecule has 0 aliphatic carbocycles. The number of anilines is 1. The molecule has 0 amide bonds. The van der Waals surface area contributed by atoms with E-state index in [1.807, 2.05) is 0 Å². The molecule has 1 aromatic rings. The van der Waals surface area contributed by atoms with E-state index >= 15 is 0 Å². The molecule has 102 valence electrons. The van der Waals surface area contributed by atoms with Crippen LogP contribution in [0.4, 0.5) is 5.69 Å². The van der Waals surface area contributed by atoms with Crippen LogP contribution in [0.2, 0.25) is 0 Å². The molecule has 4 heteroatoms. The van der Waals surface area contributed by atoms with E-state index in [2.05, 4.69) is 31.2 Å². The smallest absolute Gasteiger partial charge is 0.268 e. The normalized spacial score (nSPS) is 10.9. The van der Waals surface area contributed by atoms with Gasteiger partial charge >= 0.3 is 0 Å². The van der Waals surface area contributed by atoms with Crippen molar-refractivity contribution in [2.75, 3.05) is 11.9 Å². The molecule has 0 fully saturated rings. The van der Waals surface area contributed by atoms with Crippen molar-refractivity contribution in [3.8, 4) is 0 Å². The minimum Gasteiger partial charge on any atom is -0.383 e. The molecule has 18 heavy (non-hydrogen) atoms. The lowest BCUT2D eigenvalue weighted by molar-refractivity contribution is 0.519. The van der Waals surface area contributed by atoms with Gasteiger partial charge in [-0.2, -0.15) is 5.10 Å². The van der Waals surface area contributed by atoms with Crippen LogP contribution in [-0.4, -0.2) is 16.3 Å². The molecule has 0 radical (unpaired) electrons. The van der Waals surface area contributed by atoms with Gasteiger partial charge < -0.3 is 5.32 Å². The Bertz CT molecular complexity index is 398. The minimum atomic E-state index is -0.0137. The summed E-state index contributed by atoms with van der Waals surface area (Å²) in [6.07, 6.45) is 6.37. The second-order valence-electron chi connectivity index (χ2n) is 5.14. The Morgan fingerprint density at radius 3 is 2.72 bits per heavy atom. The van der Waals surface area contributed by atoms with Crippen LogP contribution in [-0.2, 0) is 6.54 Å². The van der Waals surface area contributed by atoms with Gasteiger partial charge in [0.05, 0.1) is 11.9 Å². The van der Waals surface area contributed by atoms with Crippen LogP contribution in [0.25, 0.3) is 0 Å². The lowest BCUT2D eigenvalue weighted by atomic mass is 10.2. The van der Waals surface area contributed by atoms with Crippen molar-refractivity contribution < 1.29 is 0 Å². The average molecular weight is 251 g/mol. The highest BCUT2D eigenvalue weighted by atomic mass is 16.1. The summed E-state index contributed by atoms with van der Waals surface area (Å²) >= 11 is 0. The Morgan fingerprint density at radius 1 is 1.33 bits per heavy atom. The molecule has 1 rings (SSSR count). The Morgan fingerprint density at radius 2 is 2.11 bits per heavy atom. The van der Waals surface area contributed by atoms with E-state index in [-0.39, 0.29) is 5.56 Å². The van der Waals surface area contributed by atoms with E-state index in [9.17, 15) is 4.79 Å². The molecule has 0 aliphatic heterocycles. The zero-order valence-corrected chi connectivity index (χ0v) is 11.8. The third-order valence-corrected chi connectivity index (χ3v) is 2.81. The van der Waals surface area contributed by atoms with Crippen molar-refractivity contribution in [1.82, 2.24) is 9.78 Å². The lowest BCUT2D eigenvalue weighted by Crippen LogP contribution is -2.23. The van der Waals surface area contributed by atoms with E-state index in [1.165, 1.54) is 12.8 Å². The number of unbranched alkanes of at least 4 members (excludes halogenated alkanes) is 3. The fraction of sp³-hybridized carbons (Fsp3) is 0.714. The lowest BCUT2D eigenvalue weighted by Gasteiger charge is -2.09. The highest BCUT2D eigenvalue weighted by Gasteiger charge is 2.00. The molecular formula is C14H25N3O. The fourth-order valence-corrected chi connectivity index (χ4v) is 1.71. The zero-order chi connectivity index (χ0) is 13.4. The molecule has 1 N–H and O–H groups in total. The van der Waals surface area contributed by atoms with E-state index in [0.29, 0.717) is 5.92 Å². The van der Waals surface area contributed by atoms with Gasteiger partial charge in [-0.25, -0.2) is 4.68 Å². The van der Waals surface area contributed by atoms with Gasteiger partial charge in [-0.1, -0.05) is 40.0 Å². The van der Waals surface area contributed by atoms with Crippen LogP contribution >= 0.6 is 0 Å². The van der Waals surface area contributed by atoms with E-state index in [1.54, 1.807) is 16.9 Å². The van der Waals surface area contributed by atoms with Gasteiger partial charge in [-0.15, -0.1) is 0 Å². The Kier molecular flexibility index (Phi) is 6.47. The molecule has 0 unspecified atom stereocenters. The summed E-state index contributed by atoms with van der Waals surface area (Å²) in [5, 5.41) is 7.41. The number of rotatable bonds is 8. The SMILES string of the molecule is CCCCCCn1ncc(NCC(C)C)cc1=O. The van der Waals surface area contributed by atoms with Gasteiger partial charge in [0.1, 0.15) is 0 Å². The molecule has 0 aromatic carbocycles. The first kappa shape index (κ1) is 14.7. The first-order chi connectivity index (χ1) is 8.63. The number of aromatic nitrogens is 2. The van der Waals surface area contributed by atoms with Crippen LogP contribution in [0.15, 0.2) is 17.1 Å². The highest BCUT2D eigenvalue weighted by Crippen LogP contribution is 2.03. The topological polar surface area (TPSA) is 46.9 Å². The van der Waals surface area contributed by atoms with Crippen LogP contribution in [0.5, 0.6) is 0 Å². The van der Waals surface area contributed by atoms with Crippen molar-refractivity contribution in [1.29, 1.82) is 0 Å². The second-order valence-corrected chi connectivity index (χ2v) is 5.14. The maximum atomic E-state index is 11.8. The van der Waals surface area contributed by atoms with Gasteiger partial charge in [0.2, 0.25) is 0 Å². The van der Waals surface area contributed by atoms with Crippen molar-refractivity contribution >= 4 is 5.69 Å². The van der Waals surface area contributed by atoms with Crippen LogP contribution in [0.3, 0.4) is 0 Å². The second kappa shape index (κ2) is 7.90. The first-order valence-electron chi connectivity index (χ1n) is 6.94. The quantitative estimate of drug-likeness (QED) is 0.723. The predicted octanol–water partition coefficient (Wildman–Crippen LogP) is 2.89. The van der Waals surface area contributed by atoms with E-state index in [0.717, 1.165) is 31.6 Å². The van der Waals surface area contributed by atoms with Crippen molar-refractivity contribution in [3.63, 3.8) is 0 Å². The van der Waals surface area contributed by atoms with Crippen LogP contribution in [0, 0.1) is 5.92 Å². The Hall–Kier alpha value is -1.32. The van der Waals surface area contributed by atoms with Gasteiger partial charge in [0.25, 0.3) is 5.56 Å². The summed E-state index contributed by atoms with van der Waals surface area (Å²) < 4.78 is 1.55. The third-order valence-electron chi connectivity index (χ3n) is 2.81. The van der Waals surface area contributed by atoms with Gasteiger partial charge in [0, 0.05) is 19.2 Å². The van der Waals surface area contributed by atoms with Crippen LogP contribution < -0.4 is 10.9 Å². The summed E-state index contributed by atoms with van der Waals surface area (Å²) in [4.78, 5) is 11.8. The molecule has 0 bridgehead atoms. The molecule has 0 spiro atoms. The minimum absolute atomic E-state index is 0.0137. The highest BCUT2D eigenvalue weighted by molar-refractivity contribution is 5.38. The average Bonchev–Trinajstić information content (AvgIpc) is 2.34. The summed E-state index contributed by atoms with van der Waals surface area (Å²) in [6, 6.07) is 1.63. The van der Waals surface area contributed by atoms with Gasteiger partial charge in [-0.3, -0.25) is 4.79 Å². The van der Waals surface area contributed by atoms with Gasteiger partial charge in [-0.05, 0) is 12.3 Å². The molecule has 0 saturated carbocycles. The molecule has 0 atom stereocenters. The molecule has 1 aromatic heterocycles. The summed E-state index contributed by atoms with van der Waals surface area (Å²) in [6.45, 7) is 8.04. The summed E-state index contributed by atoms with van der Waals surface area (Å²) in [7, 11) is 0. The molecule has 0 saturated heterocycles. The van der Waals surface area contributed by atoms with E-state index in [4.69, 9.17) is 0 Å². The first-order valence-corrected chi connectivity index (χ1v) is 6.94. The molecular weight excluding hydrogens is 226 g/mol. The maximum absolute atomic E-state index is 11.8. The van der Waals surface area contributed by atoms with Crippen LogP contribution in [0.1, 0.15) is 46.5 Å². The number of hydrogen-bond donors (Lipinski definition) is 1. The number of aryl methyl sites for hydroxylation is 1. The standard InChI is InChI=1S/C14H25N3O/c1-4-5-6-7-8-17-14(18)9-13(11-16-17)15-10-12(2)3/h9,11-12,15H,4-8,10H2,1-3H3. The Labute approximate surface area is 109 Å². The number of nitrogens with one attached hydrogen (secondary N) is 1. The van der Waals surface area contributed by atoms with Crippen molar-refractivity contribution in [2.24, 2.45) is 5.92 Å².